The Morgan fingerprint density at radius 3 is 2.28 bits per heavy atom. The summed E-state index contributed by atoms with van der Waals surface area (Å²) in [5, 5.41) is 13.8. The van der Waals surface area contributed by atoms with Gasteiger partial charge in [-0.2, -0.15) is 0 Å². The molecule has 0 amide bonds. The number of sulfonamides is 1. The number of hydrogen-bond acceptors (Lipinski definition) is 5. The van der Waals surface area contributed by atoms with Crippen molar-refractivity contribution in [3.63, 3.8) is 0 Å². The molecule has 2 N–H and O–H groups in total. The third-order valence-electron chi connectivity index (χ3n) is 3.85. The van der Waals surface area contributed by atoms with Gasteiger partial charge >= 0.3 is 0 Å². The molecule has 0 saturated heterocycles. The summed E-state index contributed by atoms with van der Waals surface area (Å²) < 4.78 is 26.7. The van der Waals surface area contributed by atoms with Gasteiger partial charge in [0, 0.05) is 31.8 Å². The molecule has 0 saturated carbocycles. The lowest BCUT2D eigenvalue weighted by Crippen LogP contribution is -2.31. The maximum atomic E-state index is 12.1. The van der Waals surface area contributed by atoms with Crippen molar-refractivity contribution < 1.29 is 13.3 Å². The Labute approximate surface area is 147 Å². The number of rotatable bonds is 8. The molecule has 0 aliphatic carbocycles. The van der Waals surface area contributed by atoms with Gasteiger partial charge in [-0.25, -0.2) is 13.1 Å². The third kappa shape index (κ3) is 5.35. The van der Waals surface area contributed by atoms with Crippen LogP contribution in [0.25, 0.3) is 0 Å². The predicted octanol–water partition coefficient (Wildman–Crippen LogP) is 2.28. The molecular formula is C17H21N3O4S. The minimum atomic E-state index is -3.67. The van der Waals surface area contributed by atoms with E-state index in [1.807, 2.05) is 6.07 Å². The number of non-ortho nitro benzene ring substituents is 1. The van der Waals surface area contributed by atoms with Crippen LogP contribution in [0, 0.1) is 24.0 Å². The maximum Gasteiger partial charge on any atom is 0.269 e. The van der Waals surface area contributed by atoms with Gasteiger partial charge in [0.2, 0.25) is 10.0 Å². The van der Waals surface area contributed by atoms with E-state index in [0.717, 1.165) is 5.56 Å². The number of nitrogens with one attached hydrogen (secondary N) is 2. The van der Waals surface area contributed by atoms with Gasteiger partial charge in [-0.1, -0.05) is 18.2 Å². The Bertz CT molecular complexity index is 849. The van der Waals surface area contributed by atoms with E-state index in [1.165, 1.54) is 35.4 Å². The topological polar surface area (TPSA) is 101 Å². The molecule has 25 heavy (non-hydrogen) atoms. The number of nitro benzene ring substituents is 1. The van der Waals surface area contributed by atoms with Gasteiger partial charge in [0.05, 0.1) is 9.82 Å². The van der Waals surface area contributed by atoms with E-state index in [0.29, 0.717) is 13.1 Å². The molecule has 0 radical (unpaired) electrons. The highest BCUT2D eigenvalue weighted by molar-refractivity contribution is 7.89. The molecule has 0 aromatic heterocycles. The van der Waals surface area contributed by atoms with E-state index in [-0.39, 0.29) is 17.1 Å². The van der Waals surface area contributed by atoms with Crippen LogP contribution >= 0.6 is 0 Å². The zero-order valence-electron chi connectivity index (χ0n) is 14.2. The van der Waals surface area contributed by atoms with Gasteiger partial charge in [0.1, 0.15) is 0 Å². The van der Waals surface area contributed by atoms with Crippen LogP contribution in [0.4, 0.5) is 5.69 Å². The first kappa shape index (κ1) is 19.0. The number of benzene rings is 2. The van der Waals surface area contributed by atoms with Crippen LogP contribution in [0.15, 0.2) is 47.4 Å². The van der Waals surface area contributed by atoms with Crippen LogP contribution in [0.5, 0.6) is 0 Å². The summed E-state index contributed by atoms with van der Waals surface area (Å²) in [6.45, 7) is 5.46. The molecule has 0 atom stereocenters. The number of nitrogens with zero attached hydrogens (tertiary/aromatic N) is 1. The standard InChI is InChI=1S/C17H21N3O4S/c1-13-3-4-15(11-14(13)2)12-18-9-10-19-25(23,24)17-7-5-16(6-8-17)20(21)22/h3-8,11,18-19H,9-10,12H2,1-2H3. The fourth-order valence-electron chi connectivity index (χ4n) is 2.25. The Morgan fingerprint density at radius 1 is 1.00 bits per heavy atom. The Kier molecular flexibility index (Phi) is 6.24. The van der Waals surface area contributed by atoms with Crippen LogP contribution in [0.2, 0.25) is 0 Å². The molecule has 134 valence electrons. The van der Waals surface area contributed by atoms with Gasteiger partial charge in [-0.05, 0) is 42.7 Å². The van der Waals surface area contributed by atoms with Crippen LogP contribution in [0.1, 0.15) is 16.7 Å². The summed E-state index contributed by atoms with van der Waals surface area (Å²) >= 11 is 0. The van der Waals surface area contributed by atoms with Crippen molar-refractivity contribution in [1.82, 2.24) is 10.0 Å². The van der Waals surface area contributed by atoms with E-state index in [9.17, 15) is 18.5 Å². The van der Waals surface area contributed by atoms with Crippen molar-refractivity contribution >= 4 is 15.7 Å². The summed E-state index contributed by atoms with van der Waals surface area (Å²) in [4.78, 5) is 10.0. The zero-order chi connectivity index (χ0) is 18.4. The molecule has 8 heteroatoms. The molecule has 2 aromatic rings. The van der Waals surface area contributed by atoms with Crippen molar-refractivity contribution in [3.05, 3.63) is 69.3 Å². The van der Waals surface area contributed by atoms with Gasteiger partial charge in [-0.3, -0.25) is 10.1 Å². The van der Waals surface area contributed by atoms with Gasteiger partial charge < -0.3 is 5.32 Å². The van der Waals surface area contributed by atoms with E-state index < -0.39 is 14.9 Å². The first-order valence-electron chi connectivity index (χ1n) is 7.80. The Balaban J connectivity index is 1.81. The number of aryl methyl sites for hydroxylation is 2. The van der Waals surface area contributed by atoms with E-state index in [4.69, 9.17) is 0 Å². The average molecular weight is 363 g/mol. The van der Waals surface area contributed by atoms with Gasteiger partial charge in [0.25, 0.3) is 5.69 Å². The minimum absolute atomic E-state index is 0.00672. The molecule has 0 aliphatic heterocycles. The van der Waals surface area contributed by atoms with Crippen LogP contribution in [-0.2, 0) is 16.6 Å². The fraction of sp³-hybridized carbons (Fsp3) is 0.294. The van der Waals surface area contributed by atoms with Crippen molar-refractivity contribution in [2.24, 2.45) is 0 Å². The number of hydrogen-bond donors (Lipinski definition) is 2. The first-order valence-corrected chi connectivity index (χ1v) is 9.29. The normalized spacial score (nSPS) is 11.4. The SMILES string of the molecule is Cc1ccc(CNCCNS(=O)(=O)c2ccc([N+](=O)[O-])cc2)cc1C. The summed E-state index contributed by atoms with van der Waals surface area (Å²) in [5.41, 5.74) is 3.45. The quantitative estimate of drug-likeness (QED) is 0.426. The first-order chi connectivity index (χ1) is 11.8. The monoisotopic (exact) mass is 363 g/mol. The number of nitro groups is 1. The van der Waals surface area contributed by atoms with Crippen molar-refractivity contribution in [3.8, 4) is 0 Å². The minimum Gasteiger partial charge on any atom is -0.311 e. The maximum absolute atomic E-state index is 12.1. The molecular weight excluding hydrogens is 342 g/mol. The summed E-state index contributed by atoms with van der Waals surface area (Å²) in [5.74, 6) is 0. The zero-order valence-corrected chi connectivity index (χ0v) is 15.0. The molecule has 7 nitrogen and oxygen atoms in total. The highest BCUT2D eigenvalue weighted by atomic mass is 32.2. The van der Waals surface area contributed by atoms with Crippen LogP contribution in [-0.4, -0.2) is 26.4 Å². The fourth-order valence-corrected chi connectivity index (χ4v) is 3.28. The molecule has 2 aromatic carbocycles. The molecule has 0 bridgehead atoms. The molecule has 0 fully saturated rings. The average Bonchev–Trinajstić information content (AvgIpc) is 2.57. The summed E-state index contributed by atoms with van der Waals surface area (Å²) in [6.07, 6.45) is 0. The van der Waals surface area contributed by atoms with Crippen LogP contribution < -0.4 is 10.0 Å². The lowest BCUT2D eigenvalue weighted by atomic mass is 10.1. The van der Waals surface area contributed by atoms with Crippen molar-refractivity contribution in [2.75, 3.05) is 13.1 Å². The van der Waals surface area contributed by atoms with Crippen molar-refractivity contribution in [2.45, 2.75) is 25.3 Å². The molecule has 0 aliphatic rings. The van der Waals surface area contributed by atoms with Crippen molar-refractivity contribution in [1.29, 1.82) is 0 Å². The second-order valence-corrected chi connectivity index (χ2v) is 7.51. The molecule has 0 unspecified atom stereocenters. The lowest BCUT2D eigenvalue weighted by Gasteiger charge is -2.09. The predicted molar refractivity (Wildman–Crippen MR) is 95.9 cm³/mol. The van der Waals surface area contributed by atoms with Gasteiger partial charge in [0.15, 0.2) is 0 Å². The second-order valence-electron chi connectivity index (χ2n) is 5.74. The Morgan fingerprint density at radius 2 is 1.68 bits per heavy atom. The second kappa shape index (κ2) is 8.19. The van der Waals surface area contributed by atoms with Crippen LogP contribution in [0.3, 0.4) is 0 Å². The summed E-state index contributed by atoms with van der Waals surface area (Å²) in [7, 11) is -3.67. The van der Waals surface area contributed by atoms with E-state index in [2.05, 4.69) is 36.0 Å². The molecule has 0 spiro atoms. The van der Waals surface area contributed by atoms with Gasteiger partial charge in [-0.15, -0.1) is 0 Å². The van der Waals surface area contributed by atoms with E-state index >= 15 is 0 Å². The molecule has 0 heterocycles. The summed E-state index contributed by atoms with van der Waals surface area (Å²) in [6, 6.07) is 11.0. The highest BCUT2D eigenvalue weighted by Gasteiger charge is 2.15. The largest absolute Gasteiger partial charge is 0.311 e. The van der Waals surface area contributed by atoms with E-state index in [1.54, 1.807) is 0 Å². The Hall–Kier alpha value is -2.29. The highest BCUT2D eigenvalue weighted by Crippen LogP contribution is 2.15. The lowest BCUT2D eigenvalue weighted by molar-refractivity contribution is -0.384. The molecule has 2 rings (SSSR count). The smallest absolute Gasteiger partial charge is 0.269 e. The third-order valence-corrected chi connectivity index (χ3v) is 5.33.